The van der Waals surface area contributed by atoms with Gasteiger partial charge in [-0.3, -0.25) is 4.79 Å². The zero-order valence-corrected chi connectivity index (χ0v) is 21.7. The number of hydrogen-bond donors (Lipinski definition) is 0. The Labute approximate surface area is 224 Å². The average Bonchev–Trinajstić information content (AvgIpc) is 3.58. The Morgan fingerprint density at radius 3 is 2.21 bits per heavy atom. The Balaban J connectivity index is 1.48. The number of esters is 2. The van der Waals surface area contributed by atoms with Crippen molar-refractivity contribution in [3.05, 3.63) is 71.5 Å². The fraction of sp³-hybridized carbons (Fsp3) is 0.345. The summed E-state index contributed by atoms with van der Waals surface area (Å²) in [5, 5.41) is 0. The zero-order chi connectivity index (χ0) is 27.1. The molecule has 0 amide bonds. The van der Waals surface area contributed by atoms with E-state index < -0.39 is 29.8 Å². The molecular weight excluding hydrogens is 506 g/mol. The van der Waals surface area contributed by atoms with Gasteiger partial charge in [0.1, 0.15) is 6.10 Å². The van der Waals surface area contributed by atoms with Gasteiger partial charge in [-0.15, -0.1) is 0 Å². The average molecular weight is 535 g/mol. The van der Waals surface area contributed by atoms with Crippen LogP contribution in [0.5, 0.6) is 28.7 Å². The number of methoxy groups -OCH3 is 3. The van der Waals surface area contributed by atoms with Gasteiger partial charge in [0.05, 0.1) is 33.9 Å². The first-order valence-electron chi connectivity index (χ1n) is 12.6. The third-order valence-electron chi connectivity index (χ3n) is 7.51. The Hall–Kier alpha value is -4.47. The van der Waals surface area contributed by atoms with Crippen LogP contribution in [0.2, 0.25) is 0 Å². The van der Waals surface area contributed by atoms with Crippen molar-refractivity contribution in [3.63, 3.8) is 0 Å². The van der Waals surface area contributed by atoms with Gasteiger partial charge >= 0.3 is 11.9 Å². The van der Waals surface area contributed by atoms with E-state index in [0.717, 1.165) is 16.7 Å². The van der Waals surface area contributed by atoms with E-state index in [1.54, 1.807) is 31.2 Å². The van der Waals surface area contributed by atoms with Crippen LogP contribution in [-0.4, -0.2) is 46.7 Å². The van der Waals surface area contributed by atoms with E-state index >= 15 is 0 Å². The van der Waals surface area contributed by atoms with Crippen LogP contribution in [0.4, 0.5) is 0 Å². The van der Waals surface area contributed by atoms with E-state index in [4.69, 9.17) is 33.2 Å². The van der Waals surface area contributed by atoms with Gasteiger partial charge in [0.15, 0.2) is 35.4 Å². The predicted molar refractivity (Wildman–Crippen MR) is 134 cm³/mol. The molecule has 39 heavy (non-hydrogen) atoms. The maximum atomic E-state index is 13.3. The maximum absolute atomic E-state index is 13.3. The standard InChI is InChI=1S/C29H28NO9/c1-33-22-9-16(10-23(34-2)28(22)35-3)25-17-11-20-21(38-15-37-20)12-18(17)27(19-14-36-29(32)26(19)25)39-24(31)13-30-7-5-4-6-8-30/h4-12,19,25-27H,13-15H2,1-3H3/q+1/t19-,25-,26-,27+/m0/s1. The van der Waals surface area contributed by atoms with Crippen molar-refractivity contribution in [1.82, 2.24) is 0 Å². The molecule has 6 rings (SSSR count). The number of fused-ring (bicyclic) bond motifs is 3. The summed E-state index contributed by atoms with van der Waals surface area (Å²) in [6.45, 7) is 0.228. The molecule has 1 aromatic heterocycles. The number of rotatable bonds is 7. The minimum absolute atomic E-state index is 0.0275. The number of aromatic nitrogens is 1. The summed E-state index contributed by atoms with van der Waals surface area (Å²) in [5.74, 6) is 0.200. The summed E-state index contributed by atoms with van der Waals surface area (Å²) < 4.78 is 41.5. The lowest BCUT2D eigenvalue weighted by Gasteiger charge is -2.38. The summed E-state index contributed by atoms with van der Waals surface area (Å²) in [4.78, 5) is 26.4. The Morgan fingerprint density at radius 1 is 0.897 bits per heavy atom. The minimum Gasteiger partial charge on any atom is -0.493 e. The SMILES string of the molecule is COc1cc([C@H]2c3cc4c(cc3[C@@H](OC(=O)C[n+]3ccccc3)[C@H]3COC(=O)[C@H]23)OCO4)cc(OC)c1OC. The molecular formula is C29H28NO9+. The van der Waals surface area contributed by atoms with Gasteiger partial charge in [0.25, 0.3) is 0 Å². The van der Waals surface area contributed by atoms with Gasteiger partial charge in [-0.25, -0.2) is 4.79 Å². The van der Waals surface area contributed by atoms with Crippen LogP contribution in [0.15, 0.2) is 54.9 Å². The van der Waals surface area contributed by atoms with Gasteiger partial charge in [0, 0.05) is 29.5 Å². The second kappa shape index (κ2) is 10.0. The Kier molecular flexibility index (Phi) is 6.38. The van der Waals surface area contributed by atoms with Crippen LogP contribution >= 0.6 is 0 Å². The second-order valence-corrected chi connectivity index (χ2v) is 9.55. The molecule has 0 radical (unpaired) electrons. The maximum Gasteiger partial charge on any atom is 0.373 e. The molecule has 2 aromatic carbocycles. The summed E-state index contributed by atoms with van der Waals surface area (Å²) >= 11 is 0. The highest BCUT2D eigenvalue weighted by Crippen LogP contribution is 2.56. The molecule has 3 aromatic rings. The molecule has 1 saturated heterocycles. The molecule has 1 fully saturated rings. The molecule has 10 heteroatoms. The topological polar surface area (TPSA) is 103 Å². The smallest absolute Gasteiger partial charge is 0.373 e. The fourth-order valence-corrected chi connectivity index (χ4v) is 5.81. The van der Waals surface area contributed by atoms with Crippen LogP contribution in [0.3, 0.4) is 0 Å². The van der Waals surface area contributed by atoms with Crippen molar-refractivity contribution in [2.45, 2.75) is 18.6 Å². The summed E-state index contributed by atoms with van der Waals surface area (Å²) in [5.41, 5.74) is 2.28. The van der Waals surface area contributed by atoms with Gasteiger partial charge < -0.3 is 33.2 Å². The number of pyridine rings is 1. The number of benzene rings is 2. The number of hydrogen-bond acceptors (Lipinski definition) is 9. The van der Waals surface area contributed by atoms with E-state index in [1.807, 2.05) is 42.5 Å². The molecule has 1 aliphatic carbocycles. The Bertz CT molecular complexity index is 1400. The fourth-order valence-electron chi connectivity index (χ4n) is 5.81. The minimum atomic E-state index is -0.721. The van der Waals surface area contributed by atoms with Crippen LogP contribution in [0.1, 0.15) is 28.7 Å². The van der Waals surface area contributed by atoms with Gasteiger partial charge in [0.2, 0.25) is 19.1 Å². The molecule has 0 unspecified atom stereocenters. The number of cyclic esters (lactones) is 1. The van der Waals surface area contributed by atoms with E-state index in [9.17, 15) is 9.59 Å². The van der Waals surface area contributed by atoms with Crippen molar-refractivity contribution in [1.29, 1.82) is 0 Å². The molecule has 0 spiro atoms. The van der Waals surface area contributed by atoms with E-state index in [1.165, 1.54) is 7.11 Å². The largest absolute Gasteiger partial charge is 0.493 e. The van der Waals surface area contributed by atoms with Gasteiger partial charge in [-0.05, 0) is 35.4 Å². The van der Waals surface area contributed by atoms with Crippen molar-refractivity contribution >= 4 is 11.9 Å². The lowest BCUT2D eigenvalue weighted by molar-refractivity contribution is -0.686. The Morgan fingerprint density at radius 2 is 1.56 bits per heavy atom. The molecule has 3 aliphatic rings. The van der Waals surface area contributed by atoms with Crippen LogP contribution in [-0.2, 0) is 25.6 Å². The second-order valence-electron chi connectivity index (χ2n) is 9.55. The molecule has 3 heterocycles. The molecule has 4 atom stereocenters. The summed E-state index contributed by atoms with van der Waals surface area (Å²) in [6.07, 6.45) is 2.86. The number of nitrogens with zero attached hydrogens (tertiary/aromatic N) is 1. The first kappa shape index (κ1) is 24.8. The van der Waals surface area contributed by atoms with Crippen LogP contribution in [0, 0.1) is 11.8 Å². The van der Waals surface area contributed by atoms with E-state index in [2.05, 4.69) is 0 Å². The van der Waals surface area contributed by atoms with Gasteiger partial charge in [-0.1, -0.05) is 6.07 Å². The van der Waals surface area contributed by atoms with Crippen molar-refractivity contribution in [2.75, 3.05) is 34.7 Å². The summed E-state index contributed by atoms with van der Waals surface area (Å²) in [6, 6.07) is 12.9. The number of carbonyl (C=O) groups excluding carboxylic acids is 2. The molecule has 0 bridgehead atoms. The quantitative estimate of drug-likeness (QED) is 0.334. The first-order chi connectivity index (χ1) is 19.0. The third kappa shape index (κ3) is 4.25. The monoisotopic (exact) mass is 534 g/mol. The highest BCUT2D eigenvalue weighted by Gasteiger charge is 2.54. The number of ether oxygens (including phenoxy) is 7. The summed E-state index contributed by atoms with van der Waals surface area (Å²) in [7, 11) is 4.62. The van der Waals surface area contributed by atoms with E-state index in [0.29, 0.717) is 28.7 Å². The predicted octanol–water partition coefficient (Wildman–Crippen LogP) is 2.95. The van der Waals surface area contributed by atoms with Crippen molar-refractivity contribution in [3.8, 4) is 28.7 Å². The van der Waals surface area contributed by atoms with Crippen LogP contribution in [0.25, 0.3) is 0 Å². The number of carbonyl (C=O) groups is 2. The molecule has 0 N–H and O–H groups in total. The lowest BCUT2D eigenvalue weighted by Crippen LogP contribution is -2.41. The van der Waals surface area contributed by atoms with Crippen molar-refractivity contribution in [2.24, 2.45) is 11.8 Å². The van der Waals surface area contributed by atoms with Crippen molar-refractivity contribution < 1.29 is 47.3 Å². The van der Waals surface area contributed by atoms with E-state index in [-0.39, 0.29) is 25.9 Å². The molecule has 0 saturated carbocycles. The third-order valence-corrected chi connectivity index (χ3v) is 7.51. The highest BCUT2D eigenvalue weighted by atomic mass is 16.7. The zero-order valence-electron chi connectivity index (χ0n) is 21.7. The first-order valence-corrected chi connectivity index (χ1v) is 12.6. The highest BCUT2D eigenvalue weighted by molar-refractivity contribution is 5.79. The molecule has 2 aliphatic heterocycles. The van der Waals surface area contributed by atoms with Gasteiger partial charge in [-0.2, -0.15) is 4.57 Å². The normalized spacial score (nSPS) is 22.4. The molecule has 202 valence electrons. The lowest BCUT2D eigenvalue weighted by atomic mass is 9.66. The molecule has 10 nitrogen and oxygen atoms in total. The van der Waals surface area contributed by atoms with Crippen LogP contribution < -0.4 is 28.3 Å².